The minimum atomic E-state index is -0.344. The molecule has 0 atom stereocenters. The van der Waals surface area contributed by atoms with E-state index >= 15 is 0 Å². The van der Waals surface area contributed by atoms with Gasteiger partial charge in [-0.1, -0.05) is 18.6 Å². The molecule has 4 heteroatoms. The summed E-state index contributed by atoms with van der Waals surface area (Å²) in [5, 5.41) is 3.09. The van der Waals surface area contributed by atoms with Crippen molar-refractivity contribution in [1.82, 2.24) is 10.2 Å². The van der Waals surface area contributed by atoms with E-state index in [1.807, 2.05) is 32.0 Å². The molecule has 0 saturated heterocycles. The molecule has 0 spiro atoms. The molecular weight excluding hydrogens is 264 g/mol. The summed E-state index contributed by atoms with van der Waals surface area (Å²) in [5.41, 5.74) is 1.85. The Labute approximate surface area is 127 Å². The van der Waals surface area contributed by atoms with Gasteiger partial charge in [0, 0.05) is 20.1 Å². The molecule has 1 aliphatic carbocycles. The van der Waals surface area contributed by atoms with Gasteiger partial charge in [0.2, 0.25) is 5.91 Å². The Balaban J connectivity index is 2.27. The standard InChI is InChI=1S/C17H26N2O2/c1-13-6-7-14(12-15(13)21-4)17(8-5-9-17)16(20)19(3)11-10-18-2/h6-7,12,18H,5,8-11H2,1-4H3. The van der Waals surface area contributed by atoms with Crippen molar-refractivity contribution in [2.24, 2.45) is 0 Å². The van der Waals surface area contributed by atoms with Crippen LogP contribution in [-0.2, 0) is 10.2 Å². The highest BCUT2D eigenvalue weighted by Crippen LogP contribution is 2.46. The maximum Gasteiger partial charge on any atom is 0.233 e. The minimum Gasteiger partial charge on any atom is -0.496 e. The summed E-state index contributed by atoms with van der Waals surface area (Å²) in [7, 11) is 5.48. The maximum atomic E-state index is 12.9. The molecule has 1 N–H and O–H groups in total. The van der Waals surface area contributed by atoms with Gasteiger partial charge in [-0.2, -0.15) is 0 Å². The molecule has 0 unspecified atom stereocenters. The van der Waals surface area contributed by atoms with Crippen LogP contribution in [0.25, 0.3) is 0 Å². The number of likely N-dealkylation sites (N-methyl/N-ethyl adjacent to an activating group) is 2. The summed E-state index contributed by atoms with van der Waals surface area (Å²) in [6, 6.07) is 6.17. The van der Waals surface area contributed by atoms with Crippen molar-refractivity contribution in [3.8, 4) is 5.75 Å². The third-order valence-corrected chi connectivity index (χ3v) is 4.62. The van der Waals surface area contributed by atoms with Crippen LogP contribution in [0.2, 0.25) is 0 Å². The SMILES string of the molecule is CNCCN(C)C(=O)C1(c2ccc(C)c(OC)c2)CCC1. The number of hydrogen-bond acceptors (Lipinski definition) is 3. The number of carbonyl (C=O) groups excluding carboxylic acids is 1. The van der Waals surface area contributed by atoms with Gasteiger partial charge in [-0.05, 0) is 44.0 Å². The van der Waals surface area contributed by atoms with Gasteiger partial charge in [0.15, 0.2) is 0 Å². The number of nitrogens with one attached hydrogen (secondary N) is 1. The van der Waals surface area contributed by atoms with Crippen molar-refractivity contribution >= 4 is 5.91 Å². The topological polar surface area (TPSA) is 41.6 Å². The van der Waals surface area contributed by atoms with Crippen LogP contribution in [0.1, 0.15) is 30.4 Å². The third kappa shape index (κ3) is 2.91. The Morgan fingerprint density at radius 3 is 2.67 bits per heavy atom. The smallest absolute Gasteiger partial charge is 0.233 e. The number of carbonyl (C=O) groups is 1. The second-order valence-electron chi connectivity index (χ2n) is 5.95. The van der Waals surface area contributed by atoms with E-state index in [1.165, 1.54) is 0 Å². The van der Waals surface area contributed by atoms with E-state index in [0.29, 0.717) is 0 Å². The van der Waals surface area contributed by atoms with Gasteiger partial charge in [0.1, 0.15) is 5.75 Å². The Hall–Kier alpha value is -1.55. The first kappa shape index (κ1) is 15.8. The maximum absolute atomic E-state index is 12.9. The first-order chi connectivity index (χ1) is 10.0. The molecule has 2 rings (SSSR count). The van der Waals surface area contributed by atoms with Gasteiger partial charge >= 0.3 is 0 Å². The number of hydrogen-bond donors (Lipinski definition) is 1. The normalized spacial score (nSPS) is 16.2. The predicted octanol–water partition coefficient (Wildman–Crippen LogP) is 2.10. The van der Waals surface area contributed by atoms with E-state index in [4.69, 9.17) is 4.74 Å². The highest BCUT2D eigenvalue weighted by molar-refractivity contribution is 5.89. The minimum absolute atomic E-state index is 0.231. The molecule has 4 nitrogen and oxygen atoms in total. The zero-order chi connectivity index (χ0) is 15.5. The molecule has 0 radical (unpaired) electrons. The molecule has 21 heavy (non-hydrogen) atoms. The molecule has 1 aliphatic rings. The van der Waals surface area contributed by atoms with Crippen molar-refractivity contribution < 1.29 is 9.53 Å². The quantitative estimate of drug-likeness (QED) is 0.872. The number of aryl methyl sites for hydroxylation is 1. The van der Waals surface area contributed by atoms with Crippen LogP contribution in [0, 0.1) is 6.92 Å². The lowest BCUT2D eigenvalue weighted by molar-refractivity contribution is -0.139. The zero-order valence-corrected chi connectivity index (χ0v) is 13.5. The average molecular weight is 290 g/mol. The highest BCUT2D eigenvalue weighted by Gasteiger charge is 2.47. The van der Waals surface area contributed by atoms with Gasteiger partial charge in [-0.25, -0.2) is 0 Å². The Morgan fingerprint density at radius 1 is 1.43 bits per heavy atom. The number of rotatable bonds is 6. The first-order valence-electron chi connectivity index (χ1n) is 7.60. The largest absolute Gasteiger partial charge is 0.496 e. The van der Waals surface area contributed by atoms with Gasteiger partial charge in [-0.15, -0.1) is 0 Å². The predicted molar refractivity (Wildman–Crippen MR) is 84.8 cm³/mol. The number of methoxy groups -OCH3 is 1. The Morgan fingerprint density at radius 2 is 2.14 bits per heavy atom. The molecule has 0 aliphatic heterocycles. The third-order valence-electron chi connectivity index (χ3n) is 4.62. The van der Waals surface area contributed by atoms with E-state index in [0.717, 1.165) is 49.2 Å². The summed E-state index contributed by atoms with van der Waals surface area (Å²) >= 11 is 0. The van der Waals surface area contributed by atoms with Crippen LogP contribution >= 0.6 is 0 Å². The summed E-state index contributed by atoms with van der Waals surface area (Å²) in [4.78, 5) is 14.7. The highest BCUT2D eigenvalue weighted by atomic mass is 16.5. The van der Waals surface area contributed by atoms with E-state index in [1.54, 1.807) is 7.11 Å². The molecule has 0 aromatic heterocycles. The molecule has 0 heterocycles. The molecule has 1 fully saturated rings. The van der Waals surface area contributed by atoms with Gasteiger partial charge in [0.25, 0.3) is 0 Å². The van der Waals surface area contributed by atoms with Crippen LogP contribution in [0.3, 0.4) is 0 Å². The molecule has 1 aromatic carbocycles. The van der Waals surface area contributed by atoms with Gasteiger partial charge < -0.3 is 15.0 Å². The molecule has 116 valence electrons. The Bertz CT molecular complexity index is 510. The van der Waals surface area contributed by atoms with Crippen LogP contribution in [0.4, 0.5) is 0 Å². The van der Waals surface area contributed by atoms with E-state index in [9.17, 15) is 4.79 Å². The van der Waals surface area contributed by atoms with Crippen LogP contribution in [-0.4, -0.2) is 45.1 Å². The van der Waals surface area contributed by atoms with Crippen LogP contribution in [0.5, 0.6) is 5.75 Å². The summed E-state index contributed by atoms with van der Waals surface area (Å²) in [5.74, 6) is 1.10. The number of benzene rings is 1. The number of amides is 1. The monoisotopic (exact) mass is 290 g/mol. The van der Waals surface area contributed by atoms with Crippen molar-refractivity contribution in [1.29, 1.82) is 0 Å². The molecule has 1 amide bonds. The number of ether oxygens (including phenoxy) is 1. The molecule has 1 saturated carbocycles. The Kier molecular flexibility index (Phi) is 4.88. The summed E-state index contributed by atoms with van der Waals surface area (Å²) in [6.07, 6.45) is 2.98. The number of nitrogens with zero attached hydrogens (tertiary/aromatic N) is 1. The lowest BCUT2D eigenvalue weighted by Gasteiger charge is -2.43. The molecule has 0 bridgehead atoms. The van der Waals surface area contributed by atoms with E-state index in [2.05, 4.69) is 17.4 Å². The van der Waals surface area contributed by atoms with Gasteiger partial charge in [0.05, 0.1) is 12.5 Å². The van der Waals surface area contributed by atoms with E-state index < -0.39 is 0 Å². The fourth-order valence-corrected chi connectivity index (χ4v) is 3.02. The van der Waals surface area contributed by atoms with Crippen molar-refractivity contribution in [2.75, 3.05) is 34.3 Å². The lowest BCUT2D eigenvalue weighted by Crippen LogP contribution is -2.50. The van der Waals surface area contributed by atoms with E-state index in [-0.39, 0.29) is 11.3 Å². The second kappa shape index (κ2) is 6.48. The van der Waals surface area contributed by atoms with Crippen molar-refractivity contribution in [3.05, 3.63) is 29.3 Å². The second-order valence-corrected chi connectivity index (χ2v) is 5.95. The van der Waals surface area contributed by atoms with Crippen molar-refractivity contribution in [2.45, 2.75) is 31.6 Å². The summed E-state index contributed by atoms with van der Waals surface area (Å²) < 4.78 is 5.42. The van der Waals surface area contributed by atoms with Crippen LogP contribution in [0.15, 0.2) is 18.2 Å². The fourth-order valence-electron chi connectivity index (χ4n) is 3.02. The van der Waals surface area contributed by atoms with Crippen LogP contribution < -0.4 is 10.1 Å². The lowest BCUT2D eigenvalue weighted by atomic mass is 9.63. The molecule has 1 aromatic rings. The molecular formula is C17H26N2O2. The fraction of sp³-hybridized carbons (Fsp3) is 0.588. The average Bonchev–Trinajstić information content (AvgIpc) is 2.44. The first-order valence-corrected chi connectivity index (χ1v) is 7.60. The zero-order valence-electron chi connectivity index (χ0n) is 13.5. The summed E-state index contributed by atoms with van der Waals surface area (Å²) in [6.45, 7) is 3.58. The van der Waals surface area contributed by atoms with Crippen molar-refractivity contribution in [3.63, 3.8) is 0 Å². The van der Waals surface area contributed by atoms with Gasteiger partial charge in [-0.3, -0.25) is 4.79 Å².